The third kappa shape index (κ3) is 4.52. The topological polar surface area (TPSA) is 15.3 Å². The number of hydrogen-bond acceptors (Lipinski definition) is 2. The maximum absolute atomic E-state index is 3.55. The van der Waals surface area contributed by atoms with Crippen LogP contribution in [0.2, 0.25) is 0 Å². The maximum atomic E-state index is 3.55. The van der Waals surface area contributed by atoms with Crippen molar-refractivity contribution in [2.45, 2.75) is 52.5 Å². The first-order chi connectivity index (χ1) is 7.27. The Morgan fingerprint density at radius 3 is 2.47 bits per heavy atom. The molecule has 2 nitrogen and oxygen atoms in total. The lowest BCUT2D eigenvalue weighted by Crippen LogP contribution is -2.42. The summed E-state index contributed by atoms with van der Waals surface area (Å²) in [6.45, 7) is 11.9. The molecule has 0 amide bonds. The van der Waals surface area contributed by atoms with E-state index in [9.17, 15) is 0 Å². The Kier molecular flexibility index (Phi) is 6.26. The molecule has 0 aliphatic carbocycles. The fourth-order valence-corrected chi connectivity index (χ4v) is 2.55. The minimum absolute atomic E-state index is 0.711. The number of piperidine rings is 1. The van der Waals surface area contributed by atoms with Crippen molar-refractivity contribution in [2.24, 2.45) is 5.92 Å². The smallest absolute Gasteiger partial charge is 0.00678 e. The molecule has 2 heteroatoms. The number of hydrogen-bond donors (Lipinski definition) is 1. The monoisotopic (exact) mass is 212 g/mol. The second kappa shape index (κ2) is 7.24. The highest BCUT2D eigenvalue weighted by Gasteiger charge is 2.22. The Bertz CT molecular complexity index is 151. The van der Waals surface area contributed by atoms with E-state index in [4.69, 9.17) is 0 Å². The lowest BCUT2D eigenvalue weighted by Gasteiger charge is -2.35. The quantitative estimate of drug-likeness (QED) is 0.728. The Balaban J connectivity index is 2.17. The number of likely N-dealkylation sites (tertiary alicyclic amines) is 1. The molecule has 0 spiro atoms. The molecule has 0 aromatic rings. The first kappa shape index (κ1) is 13.0. The van der Waals surface area contributed by atoms with Gasteiger partial charge in [-0.05, 0) is 58.3 Å². The number of unbranched alkanes of at least 4 members (excludes halogenated alkanes) is 1. The van der Waals surface area contributed by atoms with Gasteiger partial charge in [0, 0.05) is 6.04 Å². The lowest BCUT2D eigenvalue weighted by atomic mass is 9.90. The summed E-state index contributed by atoms with van der Waals surface area (Å²) in [6.07, 6.45) is 5.47. The van der Waals surface area contributed by atoms with Gasteiger partial charge < -0.3 is 10.2 Å². The molecule has 0 aromatic carbocycles. The van der Waals surface area contributed by atoms with Crippen molar-refractivity contribution in [1.29, 1.82) is 0 Å². The summed E-state index contributed by atoms with van der Waals surface area (Å²) in [6, 6.07) is 0.711. The van der Waals surface area contributed by atoms with Gasteiger partial charge in [0.2, 0.25) is 0 Å². The minimum Gasteiger partial charge on any atom is -0.314 e. The van der Waals surface area contributed by atoms with Crippen molar-refractivity contribution in [3.8, 4) is 0 Å². The summed E-state index contributed by atoms with van der Waals surface area (Å²) in [5.74, 6) is 0.905. The summed E-state index contributed by atoms with van der Waals surface area (Å²) in [5, 5.41) is 3.55. The molecule has 1 saturated heterocycles. The zero-order valence-corrected chi connectivity index (χ0v) is 10.8. The maximum Gasteiger partial charge on any atom is 0.00678 e. The van der Waals surface area contributed by atoms with Crippen LogP contribution < -0.4 is 5.32 Å². The minimum atomic E-state index is 0.711. The Hall–Kier alpha value is -0.0800. The Morgan fingerprint density at radius 1 is 1.27 bits per heavy atom. The van der Waals surface area contributed by atoms with E-state index < -0.39 is 0 Å². The Morgan fingerprint density at radius 2 is 1.93 bits per heavy atom. The van der Waals surface area contributed by atoms with E-state index in [1.807, 2.05) is 0 Å². The summed E-state index contributed by atoms with van der Waals surface area (Å²) >= 11 is 0. The summed E-state index contributed by atoms with van der Waals surface area (Å²) in [7, 11) is 0. The highest BCUT2D eigenvalue weighted by Crippen LogP contribution is 2.20. The van der Waals surface area contributed by atoms with Gasteiger partial charge in [0.1, 0.15) is 0 Å². The highest BCUT2D eigenvalue weighted by molar-refractivity contribution is 4.79. The summed E-state index contributed by atoms with van der Waals surface area (Å²) < 4.78 is 0. The van der Waals surface area contributed by atoms with E-state index in [0.29, 0.717) is 6.04 Å². The molecule has 90 valence electrons. The molecular formula is C13H28N2. The van der Waals surface area contributed by atoms with E-state index in [1.54, 1.807) is 0 Å². The Labute approximate surface area is 95.4 Å². The van der Waals surface area contributed by atoms with Crippen LogP contribution in [0.25, 0.3) is 0 Å². The molecular weight excluding hydrogens is 184 g/mol. The van der Waals surface area contributed by atoms with Crippen LogP contribution in [0.15, 0.2) is 0 Å². The van der Waals surface area contributed by atoms with Gasteiger partial charge in [0.15, 0.2) is 0 Å². The van der Waals surface area contributed by atoms with Crippen LogP contribution >= 0.6 is 0 Å². The van der Waals surface area contributed by atoms with Crippen LogP contribution in [0.5, 0.6) is 0 Å². The van der Waals surface area contributed by atoms with Gasteiger partial charge in [-0.3, -0.25) is 0 Å². The first-order valence-corrected chi connectivity index (χ1v) is 6.73. The zero-order chi connectivity index (χ0) is 11.1. The summed E-state index contributed by atoms with van der Waals surface area (Å²) in [4.78, 5) is 2.64. The van der Waals surface area contributed by atoms with Crippen molar-refractivity contribution >= 4 is 0 Å². The predicted octanol–water partition coefficient (Wildman–Crippen LogP) is 2.50. The third-order valence-electron chi connectivity index (χ3n) is 3.69. The van der Waals surface area contributed by atoms with Crippen LogP contribution in [0, 0.1) is 5.92 Å². The normalized spacial score (nSPS) is 21.8. The van der Waals surface area contributed by atoms with Gasteiger partial charge in [0.05, 0.1) is 0 Å². The van der Waals surface area contributed by atoms with Gasteiger partial charge in [-0.1, -0.05) is 20.3 Å². The van der Waals surface area contributed by atoms with Crippen molar-refractivity contribution in [3.05, 3.63) is 0 Å². The fraction of sp³-hybridized carbons (Fsp3) is 1.00. The van der Waals surface area contributed by atoms with Crippen molar-refractivity contribution in [3.63, 3.8) is 0 Å². The van der Waals surface area contributed by atoms with Gasteiger partial charge >= 0.3 is 0 Å². The van der Waals surface area contributed by atoms with Crippen molar-refractivity contribution in [2.75, 3.05) is 26.2 Å². The van der Waals surface area contributed by atoms with E-state index in [0.717, 1.165) is 12.5 Å². The average molecular weight is 212 g/mol. The molecule has 1 rings (SSSR count). The highest BCUT2D eigenvalue weighted by atomic mass is 15.1. The van der Waals surface area contributed by atoms with E-state index in [-0.39, 0.29) is 0 Å². The van der Waals surface area contributed by atoms with Crippen molar-refractivity contribution < 1.29 is 0 Å². The molecule has 1 aliphatic rings. The molecule has 0 aromatic heterocycles. The molecule has 1 heterocycles. The predicted molar refractivity (Wildman–Crippen MR) is 67.2 cm³/mol. The number of rotatable bonds is 6. The molecule has 15 heavy (non-hydrogen) atoms. The van der Waals surface area contributed by atoms with Crippen LogP contribution in [0.1, 0.15) is 46.5 Å². The molecule has 0 radical (unpaired) electrons. The molecule has 0 bridgehead atoms. The second-order valence-electron chi connectivity index (χ2n) is 4.88. The number of nitrogens with zero attached hydrogens (tertiary/aromatic N) is 1. The average Bonchev–Trinajstić information content (AvgIpc) is 2.27. The SMILES string of the molecule is CCCCN1CCC(C(C)NCC)CC1. The molecule has 1 aliphatic heterocycles. The van der Waals surface area contributed by atoms with Crippen LogP contribution in [-0.4, -0.2) is 37.1 Å². The van der Waals surface area contributed by atoms with Crippen LogP contribution in [-0.2, 0) is 0 Å². The molecule has 1 atom stereocenters. The lowest BCUT2D eigenvalue weighted by molar-refractivity contribution is 0.161. The van der Waals surface area contributed by atoms with Crippen LogP contribution in [0.4, 0.5) is 0 Å². The van der Waals surface area contributed by atoms with Gasteiger partial charge in [-0.2, -0.15) is 0 Å². The third-order valence-corrected chi connectivity index (χ3v) is 3.69. The van der Waals surface area contributed by atoms with Gasteiger partial charge in [-0.15, -0.1) is 0 Å². The largest absolute Gasteiger partial charge is 0.314 e. The molecule has 1 unspecified atom stereocenters. The zero-order valence-electron chi connectivity index (χ0n) is 10.8. The summed E-state index contributed by atoms with van der Waals surface area (Å²) in [5.41, 5.74) is 0. The van der Waals surface area contributed by atoms with Crippen LogP contribution in [0.3, 0.4) is 0 Å². The standard InChI is InChI=1S/C13H28N2/c1-4-6-9-15-10-7-13(8-11-15)12(3)14-5-2/h12-14H,4-11H2,1-3H3. The first-order valence-electron chi connectivity index (χ1n) is 6.73. The molecule has 0 saturated carbocycles. The van der Waals surface area contributed by atoms with E-state index >= 15 is 0 Å². The molecule has 1 fully saturated rings. The van der Waals surface area contributed by atoms with Gasteiger partial charge in [0.25, 0.3) is 0 Å². The van der Waals surface area contributed by atoms with E-state index in [1.165, 1.54) is 45.3 Å². The van der Waals surface area contributed by atoms with Crippen molar-refractivity contribution in [1.82, 2.24) is 10.2 Å². The number of nitrogens with one attached hydrogen (secondary N) is 1. The van der Waals surface area contributed by atoms with Gasteiger partial charge in [-0.25, -0.2) is 0 Å². The van der Waals surface area contributed by atoms with E-state index in [2.05, 4.69) is 31.0 Å². The fourth-order valence-electron chi connectivity index (χ4n) is 2.55. The molecule has 1 N–H and O–H groups in total. The second-order valence-corrected chi connectivity index (χ2v) is 4.88.